The first-order valence-electron chi connectivity index (χ1n) is 8.45. The van der Waals surface area contributed by atoms with E-state index in [9.17, 15) is 13.2 Å². The lowest BCUT2D eigenvalue weighted by Crippen LogP contribution is -2.35. The van der Waals surface area contributed by atoms with Gasteiger partial charge in [-0.1, -0.05) is 30.0 Å². The molecule has 0 radical (unpaired) electrons. The minimum atomic E-state index is -4.16. The summed E-state index contributed by atoms with van der Waals surface area (Å²) in [4.78, 5) is 32.0. The van der Waals surface area contributed by atoms with E-state index in [4.69, 9.17) is 4.74 Å². The number of nitrogens with one attached hydrogen (secondary N) is 2. The van der Waals surface area contributed by atoms with Crippen LogP contribution in [0, 0.1) is 6.92 Å². The zero-order valence-corrected chi connectivity index (χ0v) is 17.6. The van der Waals surface area contributed by atoms with Crippen LogP contribution in [0.2, 0.25) is 0 Å². The summed E-state index contributed by atoms with van der Waals surface area (Å²) in [5.41, 5.74) is 0.493. The van der Waals surface area contributed by atoms with Crippen molar-refractivity contribution >= 4 is 33.8 Å². The third-order valence-corrected chi connectivity index (χ3v) is 5.88. The largest absolute Gasteiger partial charge is 0.467 e. The van der Waals surface area contributed by atoms with Crippen molar-refractivity contribution in [1.29, 1.82) is 0 Å². The fraction of sp³-hybridized carbons (Fsp3) is 0.176. The molecule has 2 amide bonds. The Morgan fingerprint density at radius 3 is 2.57 bits per heavy atom. The van der Waals surface area contributed by atoms with Gasteiger partial charge in [0.25, 0.3) is 10.0 Å². The molecule has 1 aromatic carbocycles. The van der Waals surface area contributed by atoms with Crippen molar-refractivity contribution in [3.63, 3.8) is 0 Å². The monoisotopic (exact) mass is 447 g/mol. The van der Waals surface area contributed by atoms with Gasteiger partial charge in [-0.3, -0.25) is 5.32 Å². The number of anilines is 1. The van der Waals surface area contributed by atoms with E-state index in [1.54, 1.807) is 43.6 Å². The maximum atomic E-state index is 12.8. The molecule has 0 aliphatic carbocycles. The van der Waals surface area contributed by atoms with E-state index in [1.165, 1.54) is 24.9 Å². The van der Waals surface area contributed by atoms with Gasteiger partial charge in [0.15, 0.2) is 5.16 Å². The average molecular weight is 448 g/mol. The molecule has 2 N–H and O–H groups in total. The first kappa shape index (κ1) is 21.4. The van der Waals surface area contributed by atoms with Crippen molar-refractivity contribution in [2.45, 2.75) is 22.7 Å². The number of amides is 2. The van der Waals surface area contributed by atoms with Gasteiger partial charge in [0.05, 0.1) is 12.0 Å². The number of rotatable bonds is 7. The maximum absolute atomic E-state index is 12.8. The molecule has 156 valence electrons. The summed E-state index contributed by atoms with van der Waals surface area (Å²) in [6.45, 7) is 1.58. The maximum Gasteiger partial charge on any atom is 0.335 e. The molecule has 0 fully saturated rings. The van der Waals surface area contributed by atoms with Gasteiger partial charge in [-0.25, -0.2) is 27.9 Å². The first-order valence-corrected chi connectivity index (χ1v) is 10.9. The van der Waals surface area contributed by atoms with Crippen LogP contribution in [-0.4, -0.2) is 46.5 Å². The average Bonchev–Trinajstić information content (AvgIpc) is 2.72. The molecule has 2 aromatic heterocycles. The summed E-state index contributed by atoms with van der Waals surface area (Å²) in [6, 6.07) is 7.01. The van der Waals surface area contributed by atoms with Crippen molar-refractivity contribution in [2.75, 3.05) is 12.4 Å². The molecule has 0 aliphatic rings. The third-order valence-electron chi connectivity index (χ3n) is 3.52. The van der Waals surface area contributed by atoms with Crippen LogP contribution in [0.25, 0.3) is 0 Å². The fourth-order valence-electron chi connectivity index (χ4n) is 2.30. The number of carbonyl (C=O) groups is 1. The minimum Gasteiger partial charge on any atom is -0.467 e. The van der Waals surface area contributed by atoms with Gasteiger partial charge >= 0.3 is 12.0 Å². The van der Waals surface area contributed by atoms with Crippen LogP contribution in [-0.2, 0) is 15.8 Å². The summed E-state index contributed by atoms with van der Waals surface area (Å²) >= 11 is 1.28. The third kappa shape index (κ3) is 5.61. The Hall–Kier alpha value is -3.32. The standard InChI is InChI=1S/C17H17N7O4S2/c1-11-20-14(23-16(21-11)28-2)22-15(25)24-30(26,27)13-7-4-3-6-12(13)10-29-17-18-8-5-9-19-17/h3-9H,10H2,1-2H3,(H2,20,21,22,23,24,25). The van der Waals surface area contributed by atoms with E-state index in [2.05, 4.69) is 30.2 Å². The number of aryl methyl sites for hydroxylation is 1. The molecule has 3 aromatic rings. The van der Waals surface area contributed by atoms with Gasteiger partial charge in [-0.05, 0) is 24.6 Å². The van der Waals surface area contributed by atoms with Crippen LogP contribution in [0.1, 0.15) is 11.4 Å². The Labute approximate surface area is 176 Å². The van der Waals surface area contributed by atoms with Gasteiger partial charge in [-0.15, -0.1) is 0 Å². The molecule has 0 aliphatic heterocycles. The van der Waals surface area contributed by atoms with Crippen molar-refractivity contribution in [3.8, 4) is 6.01 Å². The van der Waals surface area contributed by atoms with E-state index in [0.29, 0.717) is 22.3 Å². The Morgan fingerprint density at radius 1 is 1.10 bits per heavy atom. The topological polar surface area (TPSA) is 149 Å². The fourth-order valence-corrected chi connectivity index (χ4v) is 4.34. The molecule has 0 bridgehead atoms. The summed E-state index contributed by atoms with van der Waals surface area (Å²) in [5, 5.41) is 2.77. The quantitative estimate of drug-likeness (QED) is 0.405. The zero-order chi connectivity index (χ0) is 21.6. The molecule has 13 heteroatoms. The van der Waals surface area contributed by atoms with E-state index in [0.717, 1.165) is 0 Å². The van der Waals surface area contributed by atoms with Crippen LogP contribution >= 0.6 is 11.8 Å². The number of hydrogen-bond acceptors (Lipinski definition) is 10. The number of methoxy groups -OCH3 is 1. The SMILES string of the molecule is COc1nc(C)nc(NC(=O)NS(=O)(=O)c2ccccc2CSc2ncccn2)n1. The number of hydrogen-bond donors (Lipinski definition) is 2. The molecule has 11 nitrogen and oxygen atoms in total. The molecule has 0 saturated heterocycles. The second-order valence-corrected chi connectivity index (χ2v) is 8.27. The number of thioether (sulfide) groups is 1. The highest BCUT2D eigenvalue weighted by molar-refractivity contribution is 7.98. The number of sulfonamides is 1. The molecular formula is C17H17N7O4S2. The Kier molecular flexibility index (Phi) is 6.74. The molecule has 3 rings (SSSR count). The normalized spacial score (nSPS) is 11.0. The molecule has 2 heterocycles. The lowest BCUT2D eigenvalue weighted by atomic mass is 10.2. The Morgan fingerprint density at radius 2 is 1.83 bits per heavy atom. The molecule has 0 saturated carbocycles. The van der Waals surface area contributed by atoms with E-state index in [-0.39, 0.29) is 16.9 Å². The molecule has 0 spiro atoms. The molecular weight excluding hydrogens is 430 g/mol. The number of aromatic nitrogens is 5. The lowest BCUT2D eigenvalue weighted by Gasteiger charge is -2.11. The smallest absolute Gasteiger partial charge is 0.335 e. The first-order chi connectivity index (χ1) is 14.4. The number of urea groups is 1. The number of ether oxygens (including phenoxy) is 1. The highest BCUT2D eigenvalue weighted by Gasteiger charge is 2.22. The summed E-state index contributed by atoms with van der Waals surface area (Å²) < 4.78 is 32.4. The molecule has 30 heavy (non-hydrogen) atoms. The Bertz CT molecular complexity index is 1140. The van der Waals surface area contributed by atoms with Crippen molar-refractivity contribution in [1.82, 2.24) is 29.6 Å². The van der Waals surface area contributed by atoms with Crippen LogP contribution in [0.4, 0.5) is 10.7 Å². The molecule has 0 atom stereocenters. The van der Waals surface area contributed by atoms with Gasteiger partial charge in [0.2, 0.25) is 5.95 Å². The zero-order valence-electron chi connectivity index (χ0n) is 15.9. The van der Waals surface area contributed by atoms with Crippen molar-refractivity contribution in [2.24, 2.45) is 0 Å². The van der Waals surface area contributed by atoms with E-state index in [1.807, 2.05) is 4.72 Å². The van der Waals surface area contributed by atoms with Gasteiger partial charge in [0.1, 0.15) is 5.82 Å². The van der Waals surface area contributed by atoms with Gasteiger partial charge in [0, 0.05) is 18.1 Å². The Balaban J connectivity index is 1.74. The lowest BCUT2D eigenvalue weighted by molar-refractivity contribution is 0.256. The van der Waals surface area contributed by atoms with Crippen LogP contribution in [0.5, 0.6) is 6.01 Å². The van der Waals surface area contributed by atoms with E-state index >= 15 is 0 Å². The number of carbonyl (C=O) groups excluding carboxylic acids is 1. The number of nitrogens with zero attached hydrogens (tertiary/aromatic N) is 5. The minimum absolute atomic E-state index is 0.00819. The number of benzene rings is 1. The van der Waals surface area contributed by atoms with Crippen LogP contribution in [0.15, 0.2) is 52.8 Å². The highest BCUT2D eigenvalue weighted by Crippen LogP contribution is 2.24. The van der Waals surface area contributed by atoms with Gasteiger partial charge < -0.3 is 4.74 Å². The summed E-state index contributed by atoms with van der Waals surface area (Å²) in [7, 11) is -2.80. The predicted molar refractivity (Wildman–Crippen MR) is 108 cm³/mol. The summed E-state index contributed by atoms with van der Waals surface area (Å²) in [5.74, 6) is 0.453. The van der Waals surface area contributed by atoms with E-state index < -0.39 is 16.1 Å². The molecule has 0 unspecified atom stereocenters. The second kappa shape index (κ2) is 9.45. The van der Waals surface area contributed by atoms with Crippen molar-refractivity contribution < 1.29 is 17.9 Å². The highest BCUT2D eigenvalue weighted by atomic mass is 32.2. The van der Waals surface area contributed by atoms with Gasteiger partial charge in [-0.2, -0.15) is 15.0 Å². The van der Waals surface area contributed by atoms with Crippen LogP contribution < -0.4 is 14.8 Å². The second-order valence-electron chi connectivity index (χ2n) is 5.68. The summed E-state index contributed by atoms with van der Waals surface area (Å²) in [6.07, 6.45) is 3.20. The predicted octanol–water partition coefficient (Wildman–Crippen LogP) is 1.78. The van der Waals surface area contributed by atoms with Crippen LogP contribution in [0.3, 0.4) is 0 Å². The van der Waals surface area contributed by atoms with Crippen molar-refractivity contribution in [3.05, 3.63) is 54.1 Å².